The molecule has 2 saturated heterocycles. The van der Waals surface area contributed by atoms with E-state index in [-0.39, 0.29) is 0 Å². The summed E-state index contributed by atoms with van der Waals surface area (Å²) in [7, 11) is 2.13. The molecule has 4 rings (SSSR count). The molecule has 0 amide bonds. The van der Waals surface area contributed by atoms with Crippen molar-refractivity contribution in [1.82, 2.24) is 34.3 Å². The van der Waals surface area contributed by atoms with Gasteiger partial charge in [0.2, 0.25) is 0 Å². The zero-order chi connectivity index (χ0) is 19.3. The van der Waals surface area contributed by atoms with Gasteiger partial charge in [-0.1, -0.05) is 0 Å². The average molecular weight is 388 g/mol. The Hall–Kier alpha value is -1.77. The van der Waals surface area contributed by atoms with Crippen molar-refractivity contribution in [2.75, 3.05) is 45.9 Å². The molecule has 0 bridgehead atoms. The van der Waals surface area contributed by atoms with Crippen LogP contribution in [-0.2, 0) is 24.9 Å². The SMILES string of the molecule is Cc1cnn(CCCN2CCC(c3nnc(CN4CCOCC4)n3C)CC2)c1. The van der Waals surface area contributed by atoms with Gasteiger partial charge in [-0.05, 0) is 51.4 Å². The van der Waals surface area contributed by atoms with Crippen LogP contribution >= 0.6 is 0 Å². The number of hydrogen-bond donors (Lipinski definition) is 0. The summed E-state index contributed by atoms with van der Waals surface area (Å²) in [5.74, 6) is 2.77. The van der Waals surface area contributed by atoms with Crippen molar-refractivity contribution < 1.29 is 4.74 Å². The summed E-state index contributed by atoms with van der Waals surface area (Å²) < 4.78 is 9.72. The number of rotatable bonds is 7. The van der Waals surface area contributed by atoms with Crippen molar-refractivity contribution >= 4 is 0 Å². The van der Waals surface area contributed by atoms with E-state index in [0.717, 1.165) is 77.1 Å². The fraction of sp³-hybridized carbons (Fsp3) is 0.750. The molecule has 2 fully saturated rings. The number of aryl methyl sites for hydroxylation is 2. The van der Waals surface area contributed by atoms with Crippen LogP contribution in [0.15, 0.2) is 12.4 Å². The monoisotopic (exact) mass is 387 g/mol. The van der Waals surface area contributed by atoms with E-state index in [1.54, 1.807) is 0 Å². The minimum absolute atomic E-state index is 0.529. The number of hydrogen-bond acceptors (Lipinski definition) is 6. The number of nitrogens with zero attached hydrogens (tertiary/aromatic N) is 7. The number of morpholine rings is 1. The van der Waals surface area contributed by atoms with Crippen molar-refractivity contribution in [3.05, 3.63) is 29.6 Å². The van der Waals surface area contributed by atoms with E-state index in [1.807, 2.05) is 6.20 Å². The van der Waals surface area contributed by atoms with Gasteiger partial charge in [-0.25, -0.2) is 0 Å². The van der Waals surface area contributed by atoms with E-state index in [1.165, 1.54) is 18.4 Å². The first kappa shape index (κ1) is 19.5. The zero-order valence-electron chi connectivity index (χ0n) is 17.3. The van der Waals surface area contributed by atoms with Crippen LogP contribution in [0.25, 0.3) is 0 Å². The highest BCUT2D eigenvalue weighted by molar-refractivity contribution is 5.03. The molecular formula is C20H33N7O. The lowest BCUT2D eigenvalue weighted by molar-refractivity contribution is 0.0326. The molecule has 0 unspecified atom stereocenters. The largest absolute Gasteiger partial charge is 0.379 e. The van der Waals surface area contributed by atoms with Crippen LogP contribution in [0.4, 0.5) is 0 Å². The van der Waals surface area contributed by atoms with E-state index < -0.39 is 0 Å². The van der Waals surface area contributed by atoms with Gasteiger partial charge in [0.25, 0.3) is 0 Å². The van der Waals surface area contributed by atoms with Gasteiger partial charge in [0, 0.05) is 38.8 Å². The third kappa shape index (κ3) is 4.79. The van der Waals surface area contributed by atoms with Crippen molar-refractivity contribution in [2.45, 2.75) is 45.2 Å². The smallest absolute Gasteiger partial charge is 0.146 e. The predicted octanol–water partition coefficient (Wildman–Crippen LogP) is 1.42. The maximum Gasteiger partial charge on any atom is 0.146 e. The lowest BCUT2D eigenvalue weighted by Crippen LogP contribution is -2.36. The fourth-order valence-electron chi connectivity index (χ4n) is 4.29. The molecule has 4 heterocycles. The highest BCUT2D eigenvalue weighted by Gasteiger charge is 2.25. The fourth-order valence-corrected chi connectivity index (χ4v) is 4.29. The summed E-state index contributed by atoms with van der Waals surface area (Å²) in [6, 6.07) is 0. The number of aromatic nitrogens is 5. The molecular weight excluding hydrogens is 354 g/mol. The molecule has 0 spiro atoms. The maximum absolute atomic E-state index is 5.44. The average Bonchev–Trinajstić information content (AvgIpc) is 3.29. The van der Waals surface area contributed by atoms with Gasteiger partial charge in [0.1, 0.15) is 11.6 Å². The Labute approximate surface area is 167 Å². The van der Waals surface area contributed by atoms with E-state index in [9.17, 15) is 0 Å². The van der Waals surface area contributed by atoms with Crippen LogP contribution in [0, 0.1) is 6.92 Å². The quantitative estimate of drug-likeness (QED) is 0.716. The van der Waals surface area contributed by atoms with E-state index in [0.29, 0.717) is 5.92 Å². The first-order valence-corrected chi connectivity index (χ1v) is 10.6. The van der Waals surface area contributed by atoms with Crippen LogP contribution in [0.5, 0.6) is 0 Å². The van der Waals surface area contributed by atoms with Gasteiger partial charge < -0.3 is 14.2 Å². The molecule has 0 N–H and O–H groups in total. The molecule has 0 saturated carbocycles. The second-order valence-corrected chi connectivity index (χ2v) is 8.17. The Morgan fingerprint density at radius 3 is 2.54 bits per heavy atom. The molecule has 0 radical (unpaired) electrons. The Balaban J connectivity index is 1.23. The molecule has 0 atom stereocenters. The lowest BCUT2D eigenvalue weighted by atomic mass is 9.96. The summed E-state index contributed by atoms with van der Waals surface area (Å²) in [6.07, 6.45) is 7.54. The molecule has 2 aromatic rings. The number of likely N-dealkylation sites (tertiary alicyclic amines) is 1. The predicted molar refractivity (Wildman–Crippen MR) is 107 cm³/mol. The topological polar surface area (TPSA) is 64.2 Å². The zero-order valence-corrected chi connectivity index (χ0v) is 17.3. The summed E-state index contributed by atoms with van der Waals surface area (Å²) in [5.41, 5.74) is 1.23. The summed E-state index contributed by atoms with van der Waals surface area (Å²) in [5, 5.41) is 13.4. The minimum Gasteiger partial charge on any atom is -0.379 e. The molecule has 2 aromatic heterocycles. The third-order valence-electron chi connectivity index (χ3n) is 6.04. The number of piperidine rings is 1. The molecule has 28 heavy (non-hydrogen) atoms. The van der Waals surface area contributed by atoms with Crippen LogP contribution in [0.1, 0.15) is 42.4 Å². The second-order valence-electron chi connectivity index (χ2n) is 8.17. The first-order chi connectivity index (χ1) is 13.7. The standard InChI is InChI=1S/C20H33N7O/c1-17-14-21-27(15-17)7-3-6-25-8-4-18(5-9-25)20-23-22-19(24(20)2)16-26-10-12-28-13-11-26/h14-15,18H,3-13,16H2,1-2H3. The molecule has 2 aliphatic heterocycles. The molecule has 154 valence electrons. The molecule has 0 aromatic carbocycles. The number of ether oxygens (including phenoxy) is 1. The summed E-state index contributed by atoms with van der Waals surface area (Å²) in [6.45, 7) is 11.0. The van der Waals surface area contributed by atoms with Crippen LogP contribution < -0.4 is 0 Å². The summed E-state index contributed by atoms with van der Waals surface area (Å²) >= 11 is 0. The highest BCUT2D eigenvalue weighted by atomic mass is 16.5. The molecule has 8 nitrogen and oxygen atoms in total. The van der Waals surface area contributed by atoms with Crippen molar-refractivity contribution in [3.63, 3.8) is 0 Å². The Kier molecular flexibility index (Phi) is 6.39. The molecule has 8 heteroatoms. The molecule has 0 aliphatic carbocycles. The van der Waals surface area contributed by atoms with Gasteiger partial charge in [0.15, 0.2) is 0 Å². The van der Waals surface area contributed by atoms with E-state index >= 15 is 0 Å². The van der Waals surface area contributed by atoms with Gasteiger partial charge in [-0.2, -0.15) is 5.10 Å². The van der Waals surface area contributed by atoms with Gasteiger partial charge >= 0.3 is 0 Å². The Bertz CT molecular complexity index is 742. The van der Waals surface area contributed by atoms with Crippen LogP contribution in [0.3, 0.4) is 0 Å². The van der Waals surface area contributed by atoms with Crippen LogP contribution in [0.2, 0.25) is 0 Å². The van der Waals surface area contributed by atoms with Gasteiger partial charge in [-0.3, -0.25) is 9.58 Å². The first-order valence-electron chi connectivity index (χ1n) is 10.6. The summed E-state index contributed by atoms with van der Waals surface area (Å²) in [4.78, 5) is 4.98. The van der Waals surface area contributed by atoms with Crippen molar-refractivity contribution in [1.29, 1.82) is 0 Å². The Morgan fingerprint density at radius 2 is 1.82 bits per heavy atom. The lowest BCUT2D eigenvalue weighted by Gasteiger charge is -2.31. The van der Waals surface area contributed by atoms with Crippen LogP contribution in [-0.4, -0.2) is 80.3 Å². The van der Waals surface area contributed by atoms with E-state index in [4.69, 9.17) is 4.74 Å². The third-order valence-corrected chi connectivity index (χ3v) is 6.04. The van der Waals surface area contributed by atoms with Gasteiger partial charge in [0.05, 0.1) is 26.0 Å². The Morgan fingerprint density at radius 1 is 1.04 bits per heavy atom. The van der Waals surface area contributed by atoms with E-state index in [2.05, 4.69) is 54.5 Å². The second kappa shape index (κ2) is 9.15. The maximum atomic E-state index is 5.44. The normalized spacial score (nSPS) is 20.1. The minimum atomic E-state index is 0.529. The van der Waals surface area contributed by atoms with Gasteiger partial charge in [-0.15, -0.1) is 10.2 Å². The van der Waals surface area contributed by atoms with Crippen molar-refractivity contribution in [3.8, 4) is 0 Å². The van der Waals surface area contributed by atoms with Crippen molar-refractivity contribution in [2.24, 2.45) is 7.05 Å². The highest BCUT2D eigenvalue weighted by Crippen LogP contribution is 2.27. The molecule has 2 aliphatic rings.